The molecule has 0 bridgehead atoms. The summed E-state index contributed by atoms with van der Waals surface area (Å²) in [5, 5.41) is 5.33. The number of nitrogens with one attached hydrogen (secondary N) is 1. The number of fused-ring (bicyclic) bond motifs is 2. The Morgan fingerprint density at radius 1 is 1.11 bits per heavy atom. The van der Waals surface area contributed by atoms with E-state index < -0.39 is 0 Å². The van der Waals surface area contributed by atoms with E-state index in [1.807, 2.05) is 24.3 Å². The van der Waals surface area contributed by atoms with Crippen molar-refractivity contribution < 1.29 is 14.3 Å². The Kier molecular flexibility index (Phi) is 6.38. The molecule has 1 aromatic heterocycles. The van der Waals surface area contributed by atoms with Crippen LogP contribution in [0.3, 0.4) is 0 Å². The molecule has 6 nitrogen and oxygen atoms in total. The van der Waals surface area contributed by atoms with Gasteiger partial charge < -0.3 is 9.47 Å². The van der Waals surface area contributed by atoms with Gasteiger partial charge in [-0.3, -0.25) is 4.79 Å². The molecule has 1 aliphatic heterocycles. The fourth-order valence-electron chi connectivity index (χ4n) is 3.98. The minimum absolute atomic E-state index is 0.154. The zero-order chi connectivity index (χ0) is 24.4. The van der Waals surface area contributed by atoms with E-state index in [-0.39, 0.29) is 12.7 Å². The van der Waals surface area contributed by atoms with E-state index in [4.69, 9.17) is 26.1 Å². The molecule has 1 N–H and O–H groups in total. The summed E-state index contributed by atoms with van der Waals surface area (Å²) >= 11 is 6.30. The third-order valence-corrected chi connectivity index (χ3v) is 6.54. The molecule has 0 unspecified atom stereocenters. The lowest BCUT2D eigenvalue weighted by Gasteiger charge is -2.11. The van der Waals surface area contributed by atoms with Crippen molar-refractivity contribution in [3.63, 3.8) is 0 Å². The first-order chi connectivity index (χ1) is 17.0. The van der Waals surface area contributed by atoms with Gasteiger partial charge in [0, 0.05) is 22.6 Å². The zero-order valence-corrected chi connectivity index (χ0v) is 20.2. The van der Waals surface area contributed by atoms with Gasteiger partial charge in [0.15, 0.2) is 11.5 Å². The number of ether oxygens (including phenoxy) is 2. The molecule has 0 saturated heterocycles. The Morgan fingerprint density at radius 2 is 1.86 bits per heavy atom. The van der Waals surface area contributed by atoms with Gasteiger partial charge in [0.2, 0.25) is 6.79 Å². The van der Waals surface area contributed by atoms with Crippen molar-refractivity contribution in [2.24, 2.45) is 5.10 Å². The maximum Gasteiger partial charge on any atom is 0.272 e. The maximum absolute atomic E-state index is 13.2. The van der Waals surface area contributed by atoms with E-state index >= 15 is 0 Å². The molecule has 176 valence electrons. The van der Waals surface area contributed by atoms with Crippen molar-refractivity contribution in [3.8, 4) is 22.8 Å². The largest absolute Gasteiger partial charge is 0.454 e. The molecule has 5 rings (SSSR count). The van der Waals surface area contributed by atoms with Crippen LogP contribution >= 0.6 is 11.6 Å². The average Bonchev–Trinajstić information content (AvgIpc) is 3.34. The number of carbonyl (C=O) groups is 1. The predicted octanol–water partition coefficient (Wildman–Crippen LogP) is 6.56. The first-order valence-electron chi connectivity index (χ1n) is 11.5. The van der Waals surface area contributed by atoms with E-state index in [1.165, 1.54) is 11.8 Å². The molecule has 35 heavy (non-hydrogen) atoms. The van der Waals surface area contributed by atoms with Gasteiger partial charge in [-0.25, -0.2) is 10.4 Å². The van der Waals surface area contributed by atoms with Gasteiger partial charge in [-0.1, -0.05) is 67.9 Å². The smallest absolute Gasteiger partial charge is 0.272 e. The van der Waals surface area contributed by atoms with Crippen LogP contribution in [0.4, 0.5) is 0 Å². The number of benzene rings is 3. The predicted molar refractivity (Wildman–Crippen MR) is 139 cm³/mol. The molecule has 1 amide bonds. The molecule has 0 saturated carbocycles. The van der Waals surface area contributed by atoms with Crippen LogP contribution in [0.25, 0.3) is 22.2 Å². The quantitative estimate of drug-likeness (QED) is 0.248. The summed E-state index contributed by atoms with van der Waals surface area (Å²) < 4.78 is 10.7. The van der Waals surface area contributed by atoms with Gasteiger partial charge in [0.25, 0.3) is 5.91 Å². The van der Waals surface area contributed by atoms with Gasteiger partial charge >= 0.3 is 0 Å². The number of carbonyl (C=O) groups excluding carboxylic acids is 1. The molecule has 0 radical (unpaired) electrons. The standard InChI is InChI=1S/C28H24ClN3O3/c1-3-17(2)18-8-10-19(11-9-18)25-13-22(21-6-4-5-7-24(21)31-25)28(33)32-30-15-20-12-26-27(14-23(20)29)35-16-34-26/h4-15,17H,3,16H2,1-2H3,(H,32,33)/b30-15-/t17-/m0/s1. The van der Waals surface area contributed by atoms with Crippen LogP contribution in [0.15, 0.2) is 71.8 Å². The number of hydrazone groups is 1. The third kappa shape index (κ3) is 4.70. The number of halogens is 1. The third-order valence-electron chi connectivity index (χ3n) is 6.21. The van der Waals surface area contributed by atoms with Crippen LogP contribution in [-0.2, 0) is 0 Å². The van der Waals surface area contributed by atoms with Gasteiger partial charge in [-0.15, -0.1) is 0 Å². The Labute approximate surface area is 208 Å². The lowest BCUT2D eigenvalue weighted by molar-refractivity contribution is 0.0956. The highest BCUT2D eigenvalue weighted by molar-refractivity contribution is 6.33. The number of pyridine rings is 1. The lowest BCUT2D eigenvalue weighted by Crippen LogP contribution is -2.18. The zero-order valence-electron chi connectivity index (χ0n) is 19.4. The Hall–Kier alpha value is -3.90. The number of rotatable bonds is 6. The number of aromatic nitrogens is 1. The topological polar surface area (TPSA) is 72.8 Å². The van der Waals surface area contributed by atoms with E-state index in [2.05, 4.69) is 48.6 Å². The minimum atomic E-state index is -0.339. The van der Waals surface area contributed by atoms with E-state index in [0.29, 0.717) is 33.6 Å². The number of amides is 1. The van der Waals surface area contributed by atoms with Gasteiger partial charge in [-0.05, 0) is 36.1 Å². The minimum Gasteiger partial charge on any atom is -0.454 e. The fourth-order valence-corrected chi connectivity index (χ4v) is 4.18. The summed E-state index contributed by atoms with van der Waals surface area (Å²) in [5.41, 5.74) is 7.42. The molecule has 1 atom stereocenters. The van der Waals surface area contributed by atoms with Crippen LogP contribution < -0.4 is 14.9 Å². The summed E-state index contributed by atoms with van der Waals surface area (Å²) in [6, 6.07) is 21.1. The van der Waals surface area contributed by atoms with Crippen molar-refractivity contribution in [2.45, 2.75) is 26.2 Å². The Morgan fingerprint density at radius 3 is 2.63 bits per heavy atom. The van der Waals surface area contributed by atoms with Crippen molar-refractivity contribution >= 4 is 34.6 Å². The van der Waals surface area contributed by atoms with Crippen LogP contribution in [0.1, 0.15) is 47.7 Å². The summed E-state index contributed by atoms with van der Waals surface area (Å²) in [7, 11) is 0. The van der Waals surface area contributed by atoms with Crippen molar-refractivity contribution in [3.05, 3.63) is 88.4 Å². The summed E-state index contributed by atoms with van der Waals surface area (Å²) in [6.07, 6.45) is 2.57. The lowest BCUT2D eigenvalue weighted by atomic mass is 9.96. The van der Waals surface area contributed by atoms with Gasteiger partial charge in [0.05, 0.1) is 28.0 Å². The summed E-state index contributed by atoms with van der Waals surface area (Å²) in [6.45, 7) is 4.54. The number of nitrogens with zero attached hydrogens (tertiary/aromatic N) is 2. The maximum atomic E-state index is 13.2. The molecule has 7 heteroatoms. The fraction of sp³-hybridized carbons (Fsp3) is 0.179. The summed E-state index contributed by atoms with van der Waals surface area (Å²) in [4.78, 5) is 18.0. The van der Waals surface area contributed by atoms with Crippen LogP contribution in [0, 0.1) is 0 Å². The highest BCUT2D eigenvalue weighted by atomic mass is 35.5. The van der Waals surface area contributed by atoms with Crippen molar-refractivity contribution in [2.75, 3.05) is 6.79 Å². The van der Waals surface area contributed by atoms with E-state index in [9.17, 15) is 4.79 Å². The molecule has 1 aliphatic rings. The highest BCUT2D eigenvalue weighted by Crippen LogP contribution is 2.36. The van der Waals surface area contributed by atoms with Crippen LogP contribution in [0.2, 0.25) is 5.02 Å². The first-order valence-corrected chi connectivity index (χ1v) is 11.8. The van der Waals surface area contributed by atoms with Crippen molar-refractivity contribution in [1.82, 2.24) is 10.4 Å². The molecule has 2 heterocycles. The van der Waals surface area contributed by atoms with Gasteiger partial charge in [-0.2, -0.15) is 5.10 Å². The second kappa shape index (κ2) is 9.76. The molecular weight excluding hydrogens is 462 g/mol. The van der Waals surface area contributed by atoms with E-state index in [1.54, 1.807) is 18.2 Å². The molecule has 3 aromatic carbocycles. The monoisotopic (exact) mass is 485 g/mol. The second-order valence-electron chi connectivity index (χ2n) is 8.43. The summed E-state index contributed by atoms with van der Waals surface area (Å²) in [5.74, 6) is 1.33. The molecule has 0 fully saturated rings. The van der Waals surface area contributed by atoms with E-state index in [0.717, 1.165) is 28.6 Å². The van der Waals surface area contributed by atoms with Crippen LogP contribution in [0.5, 0.6) is 11.5 Å². The molecule has 0 aliphatic carbocycles. The normalized spacial score (nSPS) is 13.3. The van der Waals surface area contributed by atoms with Gasteiger partial charge in [0.1, 0.15) is 0 Å². The second-order valence-corrected chi connectivity index (χ2v) is 8.84. The first kappa shape index (κ1) is 22.9. The number of para-hydroxylation sites is 1. The Balaban J connectivity index is 1.43. The highest BCUT2D eigenvalue weighted by Gasteiger charge is 2.17. The molecule has 0 spiro atoms. The number of hydrogen-bond acceptors (Lipinski definition) is 5. The average molecular weight is 486 g/mol. The molecular formula is C28H24ClN3O3. The Bertz CT molecular complexity index is 1430. The number of hydrogen-bond donors (Lipinski definition) is 1. The van der Waals surface area contributed by atoms with Crippen LogP contribution in [-0.4, -0.2) is 23.9 Å². The SMILES string of the molecule is CC[C@H](C)c1ccc(-c2cc(C(=O)N/N=C\c3cc4c(cc3Cl)OCO4)c3ccccc3n2)cc1. The van der Waals surface area contributed by atoms with Crippen molar-refractivity contribution in [1.29, 1.82) is 0 Å². The molecule has 4 aromatic rings.